The van der Waals surface area contributed by atoms with E-state index in [2.05, 4.69) is 21.8 Å². The molecule has 4 aromatic rings. The van der Waals surface area contributed by atoms with Gasteiger partial charge in [-0.25, -0.2) is 14.8 Å². The quantitative estimate of drug-likeness (QED) is 0.468. The zero-order chi connectivity index (χ0) is 21.8. The standard InChI is InChI=1S/C24H22N4O3/c1-3-14-28-21(27-20-8-5-13-25-22(20)28)17-6-4-7-18(15-17)23(29)26-19-11-9-16(10-12-19)24(30)31-2/h4-13,15H,3,14H2,1-2H3,(H,26,29). The summed E-state index contributed by atoms with van der Waals surface area (Å²) in [4.78, 5) is 33.6. The third-order valence-corrected chi connectivity index (χ3v) is 4.90. The summed E-state index contributed by atoms with van der Waals surface area (Å²) in [5, 5.41) is 2.86. The number of ether oxygens (including phenoxy) is 1. The highest BCUT2D eigenvalue weighted by Crippen LogP contribution is 2.25. The Morgan fingerprint density at radius 2 is 1.84 bits per heavy atom. The topological polar surface area (TPSA) is 86.1 Å². The summed E-state index contributed by atoms with van der Waals surface area (Å²) >= 11 is 0. The Hall–Kier alpha value is -4.00. The van der Waals surface area contributed by atoms with Gasteiger partial charge in [-0.2, -0.15) is 0 Å². The number of pyridine rings is 1. The highest BCUT2D eigenvalue weighted by Gasteiger charge is 2.15. The first-order chi connectivity index (χ1) is 15.1. The number of methoxy groups -OCH3 is 1. The average Bonchev–Trinajstić information content (AvgIpc) is 3.18. The number of hydrogen-bond acceptors (Lipinski definition) is 5. The molecule has 1 amide bonds. The molecule has 0 fully saturated rings. The zero-order valence-corrected chi connectivity index (χ0v) is 17.3. The molecule has 31 heavy (non-hydrogen) atoms. The second-order valence-electron chi connectivity index (χ2n) is 7.04. The Labute approximate surface area is 179 Å². The number of aromatic nitrogens is 3. The lowest BCUT2D eigenvalue weighted by atomic mass is 10.1. The molecule has 7 nitrogen and oxygen atoms in total. The van der Waals surface area contributed by atoms with Gasteiger partial charge in [-0.1, -0.05) is 19.1 Å². The Morgan fingerprint density at radius 1 is 1.03 bits per heavy atom. The van der Waals surface area contributed by atoms with E-state index in [9.17, 15) is 9.59 Å². The van der Waals surface area contributed by atoms with Crippen LogP contribution in [0.3, 0.4) is 0 Å². The smallest absolute Gasteiger partial charge is 0.337 e. The Kier molecular flexibility index (Phi) is 5.75. The lowest BCUT2D eigenvalue weighted by Gasteiger charge is -2.09. The number of carbonyl (C=O) groups excluding carboxylic acids is 2. The summed E-state index contributed by atoms with van der Waals surface area (Å²) in [7, 11) is 1.33. The molecule has 0 unspecified atom stereocenters. The third-order valence-electron chi connectivity index (χ3n) is 4.90. The molecule has 0 aliphatic carbocycles. The van der Waals surface area contributed by atoms with Crippen molar-refractivity contribution in [3.8, 4) is 11.4 Å². The molecule has 2 aromatic carbocycles. The van der Waals surface area contributed by atoms with Crippen LogP contribution in [-0.2, 0) is 11.3 Å². The van der Waals surface area contributed by atoms with Gasteiger partial charge in [0.1, 0.15) is 11.3 Å². The first kappa shape index (κ1) is 20.3. The number of nitrogens with one attached hydrogen (secondary N) is 1. The minimum Gasteiger partial charge on any atom is -0.465 e. The molecule has 0 radical (unpaired) electrons. The molecule has 0 aliphatic rings. The summed E-state index contributed by atoms with van der Waals surface area (Å²) < 4.78 is 6.77. The van der Waals surface area contributed by atoms with E-state index >= 15 is 0 Å². The number of amides is 1. The van der Waals surface area contributed by atoms with Crippen LogP contribution in [0.4, 0.5) is 5.69 Å². The van der Waals surface area contributed by atoms with Gasteiger partial charge in [0.15, 0.2) is 5.65 Å². The minimum atomic E-state index is -0.421. The zero-order valence-electron chi connectivity index (χ0n) is 17.3. The van der Waals surface area contributed by atoms with Gasteiger partial charge >= 0.3 is 5.97 Å². The van der Waals surface area contributed by atoms with Gasteiger partial charge < -0.3 is 14.6 Å². The van der Waals surface area contributed by atoms with Gasteiger partial charge in [-0.15, -0.1) is 0 Å². The van der Waals surface area contributed by atoms with Crippen LogP contribution in [0.1, 0.15) is 34.1 Å². The fraction of sp³-hybridized carbons (Fsp3) is 0.167. The summed E-state index contributed by atoms with van der Waals surface area (Å²) in [5.74, 6) is 0.117. The van der Waals surface area contributed by atoms with Crippen molar-refractivity contribution in [3.63, 3.8) is 0 Å². The summed E-state index contributed by atoms with van der Waals surface area (Å²) in [6.07, 6.45) is 2.70. The number of nitrogens with zero attached hydrogens (tertiary/aromatic N) is 3. The van der Waals surface area contributed by atoms with E-state index in [1.807, 2.05) is 30.3 Å². The second kappa shape index (κ2) is 8.79. The van der Waals surface area contributed by atoms with Crippen molar-refractivity contribution >= 4 is 28.7 Å². The van der Waals surface area contributed by atoms with Crippen LogP contribution in [0, 0.1) is 0 Å². The molecule has 2 heterocycles. The number of aryl methyl sites for hydroxylation is 1. The lowest BCUT2D eigenvalue weighted by molar-refractivity contribution is 0.0600. The molecule has 0 spiro atoms. The van der Waals surface area contributed by atoms with E-state index in [1.54, 1.807) is 36.5 Å². The normalized spacial score (nSPS) is 10.8. The maximum absolute atomic E-state index is 12.8. The van der Waals surface area contributed by atoms with Crippen molar-refractivity contribution in [2.24, 2.45) is 0 Å². The van der Waals surface area contributed by atoms with Crippen molar-refractivity contribution in [2.75, 3.05) is 12.4 Å². The van der Waals surface area contributed by atoms with Crippen molar-refractivity contribution in [2.45, 2.75) is 19.9 Å². The van der Waals surface area contributed by atoms with Crippen LogP contribution in [0.2, 0.25) is 0 Å². The number of imidazole rings is 1. The van der Waals surface area contributed by atoms with Crippen molar-refractivity contribution in [1.82, 2.24) is 14.5 Å². The number of anilines is 1. The molecule has 0 saturated heterocycles. The molecule has 156 valence electrons. The first-order valence-corrected chi connectivity index (χ1v) is 10.0. The van der Waals surface area contributed by atoms with Crippen molar-refractivity contribution in [3.05, 3.63) is 78.0 Å². The van der Waals surface area contributed by atoms with Crippen molar-refractivity contribution in [1.29, 1.82) is 0 Å². The number of hydrogen-bond donors (Lipinski definition) is 1. The molecule has 1 N–H and O–H groups in total. The monoisotopic (exact) mass is 414 g/mol. The van der Waals surface area contributed by atoms with Gasteiger partial charge in [0.05, 0.1) is 12.7 Å². The predicted octanol–water partition coefficient (Wildman–Crippen LogP) is 4.55. The Morgan fingerprint density at radius 3 is 2.58 bits per heavy atom. The number of carbonyl (C=O) groups is 2. The van der Waals surface area contributed by atoms with Gasteiger partial charge in [-0.3, -0.25) is 4.79 Å². The number of fused-ring (bicyclic) bond motifs is 1. The SMILES string of the molecule is CCCn1c(-c2cccc(C(=O)Nc3ccc(C(=O)OC)cc3)c2)nc2cccnc21. The first-order valence-electron chi connectivity index (χ1n) is 10.0. The highest BCUT2D eigenvalue weighted by atomic mass is 16.5. The molecule has 2 aromatic heterocycles. The molecular formula is C24H22N4O3. The lowest BCUT2D eigenvalue weighted by Crippen LogP contribution is -2.12. The molecule has 0 aliphatic heterocycles. The average molecular weight is 414 g/mol. The Balaban J connectivity index is 1.61. The number of esters is 1. The summed E-state index contributed by atoms with van der Waals surface area (Å²) in [6, 6.07) is 17.7. The van der Waals surface area contributed by atoms with E-state index in [1.165, 1.54) is 7.11 Å². The molecule has 4 rings (SSSR count). The third kappa shape index (κ3) is 4.16. The van der Waals surface area contributed by atoms with Crippen LogP contribution in [0.25, 0.3) is 22.6 Å². The summed E-state index contributed by atoms with van der Waals surface area (Å²) in [6.45, 7) is 2.89. The minimum absolute atomic E-state index is 0.246. The predicted molar refractivity (Wildman–Crippen MR) is 119 cm³/mol. The number of benzene rings is 2. The van der Waals surface area contributed by atoms with Crippen LogP contribution < -0.4 is 5.32 Å². The molecular weight excluding hydrogens is 392 g/mol. The molecule has 0 bridgehead atoms. The highest BCUT2D eigenvalue weighted by molar-refractivity contribution is 6.05. The van der Waals surface area contributed by atoms with Crippen molar-refractivity contribution < 1.29 is 14.3 Å². The van der Waals surface area contributed by atoms with E-state index in [4.69, 9.17) is 9.72 Å². The largest absolute Gasteiger partial charge is 0.465 e. The second-order valence-corrected chi connectivity index (χ2v) is 7.04. The van der Waals surface area contributed by atoms with E-state index in [0.29, 0.717) is 16.8 Å². The number of rotatable bonds is 6. The molecule has 0 atom stereocenters. The fourth-order valence-electron chi connectivity index (χ4n) is 3.42. The van der Waals surface area contributed by atoms with Gasteiger partial charge in [0.2, 0.25) is 0 Å². The van der Waals surface area contributed by atoms with Gasteiger partial charge in [-0.05, 0) is 55.0 Å². The van der Waals surface area contributed by atoms with E-state index in [-0.39, 0.29) is 5.91 Å². The van der Waals surface area contributed by atoms with Crippen LogP contribution in [-0.4, -0.2) is 33.5 Å². The van der Waals surface area contributed by atoms with Crippen LogP contribution in [0.15, 0.2) is 66.9 Å². The van der Waals surface area contributed by atoms with Crippen LogP contribution >= 0.6 is 0 Å². The molecule has 0 saturated carbocycles. The van der Waals surface area contributed by atoms with E-state index < -0.39 is 5.97 Å². The maximum atomic E-state index is 12.8. The van der Waals surface area contributed by atoms with Gasteiger partial charge in [0, 0.05) is 29.6 Å². The fourth-order valence-corrected chi connectivity index (χ4v) is 3.42. The summed E-state index contributed by atoms with van der Waals surface area (Å²) in [5.41, 5.74) is 4.03. The van der Waals surface area contributed by atoms with Crippen LogP contribution in [0.5, 0.6) is 0 Å². The maximum Gasteiger partial charge on any atom is 0.337 e. The Bertz CT molecular complexity index is 1250. The molecule has 7 heteroatoms. The van der Waals surface area contributed by atoms with Gasteiger partial charge in [0.25, 0.3) is 5.91 Å². The van der Waals surface area contributed by atoms with E-state index in [0.717, 1.165) is 35.5 Å².